The Hall–Kier alpha value is -2.94. The first-order chi connectivity index (χ1) is 14.2. The van der Waals surface area contributed by atoms with Gasteiger partial charge < -0.3 is 18.8 Å². The number of ether oxygens (including phenoxy) is 2. The summed E-state index contributed by atoms with van der Waals surface area (Å²) < 4.78 is 19.0. The fourth-order valence-corrected chi connectivity index (χ4v) is 4.01. The zero-order valence-corrected chi connectivity index (χ0v) is 16.6. The summed E-state index contributed by atoms with van der Waals surface area (Å²) in [6, 6.07) is 4.00. The lowest BCUT2D eigenvalue weighted by molar-refractivity contribution is 0.120. The van der Waals surface area contributed by atoms with Gasteiger partial charge in [-0.25, -0.2) is 4.68 Å². The summed E-state index contributed by atoms with van der Waals surface area (Å²) in [7, 11) is 1.50. The van der Waals surface area contributed by atoms with Crippen LogP contribution in [0.4, 0.5) is 5.88 Å². The van der Waals surface area contributed by atoms with Gasteiger partial charge in [-0.1, -0.05) is 0 Å². The van der Waals surface area contributed by atoms with Crippen molar-refractivity contribution < 1.29 is 13.9 Å². The maximum Gasteiger partial charge on any atom is 0.243 e. The number of anilines is 1. The summed E-state index contributed by atoms with van der Waals surface area (Å²) in [6.45, 7) is 4.39. The highest BCUT2D eigenvalue weighted by atomic mass is 16.5. The molecule has 152 valence electrons. The summed E-state index contributed by atoms with van der Waals surface area (Å²) in [5.41, 5.74) is 2.07. The molecule has 0 radical (unpaired) electrons. The Balaban J connectivity index is 1.68. The molecular formula is C20H23N5O4. The van der Waals surface area contributed by atoms with Gasteiger partial charge in [0, 0.05) is 24.2 Å². The Morgan fingerprint density at radius 1 is 1.21 bits per heavy atom. The largest absolute Gasteiger partial charge is 0.488 e. The lowest BCUT2D eigenvalue weighted by Crippen LogP contribution is -2.37. The van der Waals surface area contributed by atoms with Crippen LogP contribution in [-0.2, 0) is 4.74 Å². The van der Waals surface area contributed by atoms with E-state index in [9.17, 15) is 4.79 Å². The second-order valence-corrected chi connectivity index (χ2v) is 7.52. The first kappa shape index (κ1) is 18.1. The van der Waals surface area contributed by atoms with Crippen LogP contribution in [0.15, 0.2) is 21.3 Å². The first-order valence-corrected chi connectivity index (χ1v) is 9.94. The van der Waals surface area contributed by atoms with Gasteiger partial charge in [-0.2, -0.15) is 0 Å². The molecule has 0 N–H and O–H groups in total. The van der Waals surface area contributed by atoms with Crippen LogP contribution in [0.2, 0.25) is 0 Å². The minimum Gasteiger partial charge on any atom is -0.488 e. The third-order valence-corrected chi connectivity index (χ3v) is 5.91. The number of tetrazole rings is 1. The Labute approximate surface area is 167 Å². The second kappa shape index (κ2) is 7.14. The molecule has 9 nitrogen and oxygen atoms in total. The molecule has 1 aliphatic heterocycles. The molecule has 1 saturated heterocycles. The first-order valence-electron chi connectivity index (χ1n) is 9.94. The van der Waals surface area contributed by atoms with E-state index in [2.05, 4.69) is 15.5 Å². The number of nitrogens with zero attached hydrogens (tertiary/aromatic N) is 5. The van der Waals surface area contributed by atoms with Crippen molar-refractivity contribution in [2.75, 3.05) is 38.3 Å². The van der Waals surface area contributed by atoms with Gasteiger partial charge in [-0.3, -0.25) is 4.79 Å². The fourth-order valence-electron chi connectivity index (χ4n) is 4.01. The quantitative estimate of drug-likeness (QED) is 0.662. The van der Waals surface area contributed by atoms with E-state index in [0.717, 1.165) is 24.0 Å². The predicted octanol–water partition coefficient (Wildman–Crippen LogP) is 2.33. The second-order valence-electron chi connectivity index (χ2n) is 7.52. The topological polar surface area (TPSA) is 95.5 Å². The summed E-state index contributed by atoms with van der Waals surface area (Å²) in [5, 5.41) is 12.8. The maximum absolute atomic E-state index is 13.1. The predicted molar refractivity (Wildman–Crippen MR) is 107 cm³/mol. The fraction of sp³-hybridized carbons (Fsp3) is 0.500. The van der Waals surface area contributed by atoms with Crippen molar-refractivity contribution in [3.8, 4) is 17.1 Å². The van der Waals surface area contributed by atoms with Gasteiger partial charge in [0.15, 0.2) is 5.82 Å². The van der Waals surface area contributed by atoms with E-state index in [1.165, 1.54) is 13.5 Å². The van der Waals surface area contributed by atoms with Crippen LogP contribution in [0, 0.1) is 6.92 Å². The molecule has 3 heterocycles. The number of methoxy groups -OCH3 is 1. The molecule has 0 bridgehead atoms. The van der Waals surface area contributed by atoms with E-state index in [0.29, 0.717) is 55.0 Å². The Morgan fingerprint density at radius 2 is 2.00 bits per heavy atom. The highest BCUT2D eigenvalue weighted by Crippen LogP contribution is 2.37. The summed E-state index contributed by atoms with van der Waals surface area (Å²) in [5.74, 6) is 1.39. The molecule has 0 atom stereocenters. The summed E-state index contributed by atoms with van der Waals surface area (Å²) >= 11 is 0. The minimum absolute atomic E-state index is 0.177. The number of rotatable bonds is 4. The Bertz CT molecular complexity index is 1110. The highest BCUT2D eigenvalue weighted by Gasteiger charge is 2.27. The zero-order valence-electron chi connectivity index (χ0n) is 16.6. The zero-order chi connectivity index (χ0) is 20.0. The van der Waals surface area contributed by atoms with Gasteiger partial charge in [0.05, 0.1) is 31.8 Å². The average Bonchev–Trinajstić information content (AvgIpc) is 3.16. The van der Waals surface area contributed by atoms with E-state index >= 15 is 0 Å². The van der Waals surface area contributed by atoms with Gasteiger partial charge in [-0.15, -0.1) is 5.10 Å². The van der Waals surface area contributed by atoms with Gasteiger partial charge in [0.25, 0.3) is 0 Å². The van der Waals surface area contributed by atoms with Crippen molar-refractivity contribution >= 4 is 16.9 Å². The van der Waals surface area contributed by atoms with Crippen molar-refractivity contribution in [2.24, 2.45) is 0 Å². The van der Waals surface area contributed by atoms with Crippen LogP contribution in [0.25, 0.3) is 22.4 Å². The van der Waals surface area contributed by atoms with Gasteiger partial charge in [-0.05, 0) is 48.7 Å². The lowest BCUT2D eigenvalue weighted by Gasteiger charge is -2.28. The highest BCUT2D eigenvalue weighted by molar-refractivity contribution is 5.88. The number of aromatic nitrogens is 4. The molecule has 2 aromatic heterocycles. The van der Waals surface area contributed by atoms with E-state index in [4.69, 9.17) is 13.9 Å². The average molecular weight is 397 g/mol. The number of hydrogen-bond donors (Lipinski definition) is 0. The normalized spacial score (nSPS) is 17.5. The van der Waals surface area contributed by atoms with Crippen molar-refractivity contribution in [1.82, 2.24) is 20.2 Å². The number of aryl methyl sites for hydroxylation is 1. The molecule has 3 aromatic rings. The number of morpholine rings is 1. The van der Waals surface area contributed by atoms with Crippen molar-refractivity contribution in [3.63, 3.8) is 0 Å². The molecule has 9 heteroatoms. The molecule has 29 heavy (non-hydrogen) atoms. The molecule has 0 amide bonds. The Morgan fingerprint density at radius 3 is 2.69 bits per heavy atom. The van der Waals surface area contributed by atoms with Crippen molar-refractivity contribution in [1.29, 1.82) is 0 Å². The lowest BCUT2D eigenvalue weighted by atomic mass is 9.93. The van der Waals surface area contributed by atoms with Crippen LogP contribution >= 0.6 is 0 Å². The smallest absolute Gasteiger partial charge is 0.243 e. The molecule has 1 saturated carbocycles. The Kier molecular flexibility index (Phi) is 4.46. The molecule has 1 aliphatic carbocycles. The standard InChI is InChI=1S/C20H23N5O4/c1-12-14(19-21-22-23-25(19)13-4-3-5-13)6-7-15-16(26)18(27-2)20(29-17(12)15)24-8-10-28-11-9-24/h6-7,13H,3-5,8-11H2,1-2H3. The third-order valence-electron chi connectivity index (χ3n) is 5.91. The van der Waals surface area contributed by atoms with E-state index in [1.807, 2.05) is 22.6 Å². The third kappa shape index (κ3) is 2.88. The van der Waals surface area contributed by atoms with Crippen molar-refractivity contribution in [2.45, 2.75) is 32.2 Å². The molecule has 1 aromatic carbocycles. The maximum atomic E-state index is 13.1. The molecule has 2 fully saturated rings. The van der Waals surface area contributed by atoms with Crippen LogP contribution < -0.4 is 15.1 Å². The van der Waals surface area contributed by atoms with Gasteiger partial charge in [0.2, 0.25) is 17.1 Å². The molecule has 0 unspecified atom stereocenters. The molecular weight excluding hydrogens is 374 g/mol. The molecule has 0 spiro atoms. The van der Waals surface area contributed by atoms with E-state index < -0.39 is 0 Å². The van der Waals surface area contributed by atoms with E-state index in [1.54, 1.807) is 6.07 Å². The van der Waals surface area contributed by atoms with Gasteiger partial charge in [0.1, 0.15) is 5.58 Å². The van der Waals surface area contributed by atoms with Crippen LogP contribution in [-0.4, -0.2) is 53.6 Å². The molecule has 5 rings (SSSR count). The summed E-state index contributed by atoms with van der Waals surface area (Å²) in [6.07, 6.45) is 3.36. The monoisotopic (exact) mass is 397 g/mol. The van der Waals surface area contributed by atoms with E-state index in [-0.39, 0.29) is 11.2 Å². The van der Waals surface area contributed by atoms with Gasteiger partial charge >= 0.3 is 0 Å². The molecule has 2 aliphatic rings. The SMILES string of the molecule is COc1c(N2CCOCC2)oc2c(C)c(-c3nnnn3C3CCC3)ccc2c1=O. The minimum atomic E-state index is -0.177. The van der Waals surface area contributed by atoms with Crippen molar-refractivity contribution in [3.05, 3.63) is 27.9 Å². The van der Waals surface area contributed by atoms with Crippen LogP contribution in [0.3, 0.4) is 0 Å². The number of fused-ring (bicyclic) bond motifs is 1. The van der Waals surface area contributed by atoms with Crippen LogP contribution in [0.1, 0.15) is 30.9 Å². The number of hydrogen-bond acceptors (Lipinski definition) is 8. The summed E-state index contributed by atoms with van der Waals surface area (Å²) in [4.78, 5) is 15.1. The van der Waals surface area contributed by atoms with Crippen LogP contribution in [0.5, 0.6) is 5.75 Å². The number of benzene rings is 1.